The van der Waals surface area contributed by atoms with Gasteiger partial charge in [0, 0.05) is 5.92 Å². The van der Waals surface area contributed by atoms with Crippen LogP contribution in [0, 0.1) is 5.92 Å². The summed E-state index contributed by atoms with van der Waals surface area (Å²) >= 11 is 0. The molecule has 4 aliphatic rings. The monoisotopic (exact) mass is 318 g/mol. The third-order valence-electron chi connectivity index (χ3n) is 4.45. The summed E-state index contributed by atoms with van der Waals surface area (Å²) in [4.78, 5) is 0. The molecule has 0 saturated heterocycles. The molecule has 1 unspecified atom stereocenters. The van der Waals surface area contributed by atoms with Gasteiger partial charge in [-0.3, -0.25) is 0 Å². The summed E-state index contributed by atoms with van der Waals surface area (Å²) in [6.45, 7) is 8.00. The molecule has 0 N–H and O–H groups in total. The molecule has 0 fully saturated rings. The molecule has 0 aromatic heterocycles. The lowest BCUT2D eigenvalue weighted by Gasteiger charge is -2.19. The van der Waals surface area contributed by atoms with Gasteiger partial charge in [-0.2, -0.15) is 0 Å². The van der Waals surface area contributed by atoms with Crippen molar-refractivity contribution in [1.82, 2.24) is 0 Å². The van der Waals surface area contributed by atoms with Gasteiger partial charge in [-0.15, -0.1) is 0 Å². The van der Waals surface area contributed by atoms with E-state index in [2.05, 4.69) is 66.8 Å². The number of rotatable bonds is 0. The van der Waals surface area contributed by atoms with Crippen LogP contribution in [0.15, 0.2) is 94.7 Å². The second-order valence-electron chi connectivity index (χ2n) is 5.62. The molecular weight excluding hydrogens is 288 g/mol. The quantitative estimate of drug-likeness (QED) is 0.415. The van der Waals surface area contributed by atoms with Gasteiger partial charge in [0.15, 0.2) is 0 Å². The van der Waals surface area contributed by atoms with Crippen LogP contribution in [0.25, 0.3) is 0 Å². The zero-order valence-corrected chi connectivity index (χ0v) is 15.5. The lowest BCUT2D eigenvalue weighted by atomic mass is 9.84. The predicted octanol–water partition coefficient (Wildman–Crippen LogP) is 7.18. The Hall–Kier alpha value is -2.08. The van der Waals surface area contributed by atoms with Crippen molar-refractivity contribution < 1.29 is 0 Å². The van der Waals surface area contributed by atoms with Gasteiger partial charge in [0.1, 0.15) is 0 Å². The summed E-state index contributed by atoms with van der Waals surface area (Å²) in [5.74, 6) is 0.484. The van der Waals surface area contributed by atoms with Crippen LogP contribution in [0.3, 0.4) is 0 Å². The van der Waals surface area contributed by atoms with E-state index in [9.17, 15) is 0 Å². The van der Waals surface area contributed by atoms with Crippen LogP contribution in [0.2, 0.25) is 0 Å². The number of hydrogen-bond acceptors (Lipinski definition) is 0. The molecule has 0 heterocycles. The Morgan fingerprint density at radius 1 is 0.792 bits per heavy atom. The summed E-state index contributed by atoms with van der Waals surface area (Å²) in [5.41, 5.74) is 7.37. The number of fused-ring (bicyclic) bond motifs is 2. The maximum atomic E-state index is 2.41. The first-order chi connectivity index (χ1) is 11.9. The van der Waals surface area contributed by atoms with Crippen molar-refractivity contribution in [2.75, 3.05) is 0 Å². The van der Waals surface area contributed by atoms with Crippen molar-refractivity contribution in [3.8, 4) is 0 Å². The van der Waals surface area contributed by atoms with Gasteiger partial charge in [0.2, 0.25) is 0 Å². The van der Waals surface area contributed by atoms with E-state index in [0.29, 0.717) is 5.92 Å². The standard InChI is InChI=1S/C20H18.2C2H6/c1-3-9-15-10-4-2-6-14-19-17-12-8-7-11-16(17)18(13-5-1)20(15)19;2*1-2/h1,3-7,9-11,13-14,19H,2,8,12H2;2*1-2H3/b3-1-,5-1?,9-3?,10-4-,13-5-,14-6-,15-9-,18-13?,20-15?;;. The largest absolute Gasteiger partial charge is 0.0838 e. The molecule has 0 spiro atoms. The molecule has 0 heteroatoms. The van der Waals surface area contributed by atoms with Crippen molar-refractivity contribution in [3.63, 3.8) is 0 Å². The fourth-order valence-corrected chi connectivity index (χ4v) is 3.58. The van der Waals surface area contributed by atoms with Crippen LogP contribution in [-0.2, 0) is 0 Å². The number of hydrogen-bond donors (Lipinski definition) is 0. The van der Waals surface area contributed by atoms with E-state index in [4.69, 9.17) is 0 Å². The molecule has 24 heavy (non-hydrogen) atoms. The average Bonchev–Trinajstić information content (AvgIpc) is 2.91. The van der Waals surface area contributed by atoms with Crippen LogP contribution in [0.1, 0.15) is 47.0 Å². The van der Waals surface area contributed by atoms with Crippen LogP contribution < -0.4 is 0 Å². The summed E-state index contributed by atoms with van der Waals surface area (Å²) in [6.07, 6.45) is 28.3. The minimum Gasteiger partial charge on any atom is -0.0838 e. The molecule has 0 aromatic rings. The van der Waals surface area contributed by atoms with Crippen LogP contribution in [0.5, 0.6) is 0 Å². The fourth-order valence-electron chi connectivity index (χ4n) is 3.58. The van der Waals surface area contributed by atoms with Gasteiger partial charge >= 0.3 is 0 Å². The SMILES string of the molecule is C1=CC2=C(CC1)C1/C=C\C\C=C/C3=C/C=C\C=C/C2=C31.CC.CC. The van der Waals surface area contributed by atoms with E-state index in [1.165, 1.54) is 35.1 Å². The van der Waals surface area contributed by atoms with Gasteiger partial charge in [-0.25, -0.2) is 0 Å². The van der Waals surface area contributed by atoms with Gasteiger partial charge < -0.3 is 0 Å². The van der Waals surface area contributed by atoms with Gasteiger partial charge in [-0.05, 0) is 41.6 Å². The molecule has 0 nitrogen and oxygen atoms in total. The van der Waals surface area contributed by atoms with Gasteiger partial charge in [0.05, 0.1) is 0 Å². The Labute approximate surface area is 148 Å². The molecular formula is C24H30. The Morgan fingerprint density at radius 2 is 1.62 bits per heavy atom. The Morgan fingerprint density at radius 3 is 2.46 bits per heavy atom. The fraction of sp³-hybridized carbons (Fsp3) is 0.333. The average molecular weight is 319 g/mol. The Kier molecular flexibility index (Phi) is 7.06. The molecule has 0 aromatic carbocycles. The lowest BCUT2D eigenvalue weighted by Crippen LogP contribution is -2.05. The second-order valence-corrected chi connectivity index (χ2v) is 5.62. The molecule has 4 rings (SSSR count). The highest BCUT2D eigenvalue weighted by molar-refractivity contribution is 5.69. The summed E-state index contributed by atoms with van der Waals surface area (Å²) in [7, 11) is 0. The van der Waals surface area contributed by atoms with Gasteiger partial charge in [-0.1, -0.05) is 100 Å². The highest BCUT2D eigenvalue weighted by atomic mass is 14.4. The van der Waals surface area contributed by atoms with E-state index >= 15 is 0 Å². The van der Waals surface area contributed by atoms with E-state index in [1.807, 2.05) is 27.7 Å². The van der Waals surface area contributed by atoms with Crippen molar-refractivity contribution >= 4 is 0 Å². The zero-order valence-electron chi connectivity index (χ0n) is 15.5. The van der Waals surface area contributed by atoms with E-state index in [0.717, 1.165) is 6.42 Å². The first-order valence-electron chi connectivity index (χ1n) is 9.48. The van der Waals surface area contributed by atoms with Crippen LogP contribution in [0.4, 0.5) is 0 Å². The van der Waals surface area contributed by atoms with Crippen molar-refractivity contribution in [2.45, 2.75) is 47.0 Å². The highest BCUT2D eigenvalue weighted by Crippen LogP contribution is 2.47. The second kappa shape index (κ2) is 9.27. The molecule has 4 aliphatic carbocycles. The molecule has 0 aliphatic heterocycles. The minimum absolute atomic E-state index is 0.484. The molecule has 0 amide bonds. The third-order valence-corrected chi connectivity index (χ3v) is 4.45. The summed E-state index contributed by atoms with van der Waals surface area (Å²) in [6, 6.07) is 0. The summed E-state index contributed by atoms with van der Waals surface area (Å²) < 4.78 is 0. The number of allylic oxidation sites excluding steroid dienone is 16. The van der Waals surface area contributed by atoms with E-state index in [-0.39, 0.29) is 0 Å². The first-order valence-corrected chi connectivity index (χ1v) is 9.48. The smallest absolute Gasteiger partial charge is 0.0249 e. The third kappa shape index (κ3) is 3.53. The molecule has 0 radical (unpaired) electrons. The van der Waals surface area contributed by atoms with E-state index < -0.39 is 0 Å². The van der Waals surface area contributed by atoms with E-state index in [1.54, 1.807) is 5.57 Å². The zero-order chi connectivity index (χ0) is 17.4. The Bertz CT molecular complexity index is 682. The highest BCUT2D eigenvalue weighted by Gasteiger charge is 2.32. The summed E-state index contributed by atoms with van der Waals surface area (Å²) in [5, 5.41) is 0. The topological polar surface area (TPSA) is 0 Å². The molecule has 0 bridgehead atoms. The van der Waals surface area contributed by atoms with Crippen molar-refractivity contribution in [2.24, 2.45) is 5.92 Å². The van der Waals surface area contributed by atoms with Crippen LogP contribution >= 0.6 is 0 Å². The van der Waals surface area contributed by atoms with Crippen LogP contribution in [-0.4, -0.2) is 0 Å². The normalized spacial score (nSPS) is 30.3. The molecule has 1 atom stereocenters. The minimum atomic E-state index is 0.484. The van der Waals surface area contributed by atoms with Crippen molar-refractivity contribution in [1.29, 1.82) is 0 Å². The van der Waals surface area contributed by atoms with Crippen molar-refractivity contribution in [3.05, 3.63) is 94.7 Å². The maximum absolute atomic E-state index is 2.41. The lowest BCUT2D eigenvalue weighted by molar-refractivity contribution is 0.814. The predicted molar refractivity (Wildman–Crippen MR) is 108 cm³/mol. The van der Waals surface area contributed by atoms with Gasteiger partial charge in [0.25, 0.3) is 0 Å². The Balaban J connectivity index is 0.000000487. The maximum Gasteiger partial charge on any atom is 0.0249 e. The first kappa shape index (κ1) is 18.3. The molecule has 126 valence electrons. The molecule has 0 saturated carbocycles.